The minimum atomic E-state index is -3.89. The van der Waals surface area contributed by atoms with E-state index < -0.39 is 41.4 Å². The van der Waals surface area contributed by atoms with Crippen molar-refractivity contribution in [3.63, 3.8) is 0 Å². The van der Waals surface area contributed by atoms with Gasteiger partial charge in [0.25, 0.3) is 0 Å². The molecule has 0 atom stereocenters. The van der Waals surface area contributed by atoms with E-state index in [1.165, 1.54) is 7.05 Å². The van der Waals surface area contributed by atoms with Gasteiger partial charge >= 0.3 is 0 Å². The summed E-state index contributed by atoms with van der Waals surface area (Å²) in [6.07, 6.45) is 0. The highest BCUT2D eigenvalue weighted by atomic mass is 32.2. The van der Waals surface area contributed by atoms with Crippen molar-refractivity contribution >= 4 is 29.9 Å². The molecule has 0 aromatic heterocycles. The largest absolute Gasteiger partial charge is 0.240 e. The van der Waals surface area contributed by atoms with Crippen LogP contribution >= 0.6 is 0 Å². The van der Waals surface area contributed by atoms with Crippen molar-refractivity contribution in [2.45, 2.75) is 9.79 Å². The van der Waals surface area contributed by atoms with Crippen LogP contribution in [0.5, 0.6) is 0 Å². The molecule has 3 N–H and O–H groups in total. The van der Waals surface area contributed by atoms with Crippen molar-refractivity contribution in [3.8, 4) is 0 Å². The normalized spacial score (nSPS) is 13.3. The van der Waals surface area contributed by atoms with Crippen LogP contribution in [0.4, 0.5) is 0 Å². The number of benzene rings is 1. The van der Waals surface area contributed by atoms with Crippen molar-refractivity contribution in [2.75, 3.05) is 18.6 Å². The number of nitrogens with one attached hydrogen (secondary N) is 1. The average molecular weight is 342 g/mol. The van der Waals surface area contributed by atoms with Crippen LogP contribution in [-0.2, 0) is 29.9 Å². The predicted octanol–water partition coefficient (Wildman–Crippen LogP) is -1.34. The van der Waals surface area contributed by atoms with E-state index in [-0.39, 0.29) is 9.79 Å². The number of sulfone groups is 1. The Kier molecular flexibility index (Phi) is 4.92. The second-order valence-electron chi connectivity index (χ2n) is 3.86. The molecule has 0 aliphatic carbocycles. The number of sulfonamides is 2. The van der Waals surface area contributed by atoms with E-state index in [2.05, 4.69) is 4.72 Å². The summed E-state index contributed by atoms with van der Waals surface area (Å²) in [5, 5.41) is 4.74. The SMILES string of the molecule is CNS(=O)(=O)c1ccc(S(=O)(=O)CCS(N)(=O)=O)cc1. The highest BCUT2D eigenvalue weighted by molar-refractivity contribution is 7.94. The van der Waals surface area contributed by atoms with Crippen LogP contribution in [0.1, 0.15) is 0 Å². The molecule has 1 aromatic rings. The van der Waals surface area contributed by atoms with Crippen molar-refractivity contribution in [1.82, 2.24) is 4.72 Å². The van der Waals surface area contributed by atoms with E-state index in [9.17, 15) is 25.3 Å². The van der Waals surface area contributed by atoms with Crippen LogP contribution in [0.2, 0.25) is 0 Å². The number of primary sulfonamides is 1. The highest BCUT2D eigenvalue weighted by Crippen LogP contribution is 2.15. The maximum Gasteiger partial charge on any atom is 0.240 e. The molecule has 0 aliphatic heterocycles. The third-order valence-corrected chi connectivity index (χ3v) is 6.59. The zero-order chi connectivity index (χ0) is 15.6. The van der Waals surface area contributed by atoms with Gasteiger partial charge in [0.1, 0.15) is 0 Å². The zero-order valence-electron chi connectivity index (χ0n) is 10.5. The molecule has 0 unspecified atom stereocenters. The van der Waals surface area contributed by atoms with Crippen molar-refractivity contribution < 1.29 is 25.3 Å². The number of hydrogen-bond acceptors (Lipinski definition) is 6. The van der Waals surface area contributed by atoms with Gasteiger partial charge in [-0.1, -0.05) is 0 Å². The second-order valence-corrected chi connectivity index (χ2v) is 9.59. The first-order valence-electron chi connectivity index (χ1n) is 5.25. The standard InChI is InChI=1S/C9H14N2O6S3/c1-11-20(16,17)9-4-2-8(3-5-9)18(12,13)6-7-19(10,14)15/h2-5,11H,6-7H2,1H3,(H2,10,14,15). The zero-order valence-corrected chi connectivity index (χ0v) is 12.9. The Morgan fingerprint density at radius 2 is 1.35 bits per heavy atom. The summed E-state index contributed by atoms with van der Waals surface area (Å²) >= 11 is 0. The van der Waals surface area contributed by atoms with Crippen molar-refractivity contribution in [2.24, 2.45) is 5.14 Å². The lowest BCUT2D eigenvalue weighted by Crippen LogP contribution is -2.23. The Bertz CT molecular complexity index is 779. The molecule has 0 bridgehead atoms. The third-order valence-electron chi connectivity index (χ3n) is 2.40. The lowest BCUT2D eigenvalue weighted by molar-refractivity contribution is 0.586. The van der Waals surface area contributed by atoms with Gasteiger partial charge in [-0.05, 0) is 31.3 Å². The molecule has 0 aliphatic rings. The van der Waals surface area contributed by atoms with Gasteiger partial charge in [0.2, 0.25) is 20.0 Å². The molecular weight excluding hydrogens is 328 g/mol. The van der Waals surface area contributed by atoms with Gasteiger partial charge in [-0.2, -0.15) is 0 Å². The summed E-state index contributed by atoms with van der Waals surface area (Å²) in [6.45, 7) is 0. The first-order chi connectivity index (χ1) is 8.98. The molecule has 8 nitrogen and oxygen atoms in total. The smallest absolute Gasteiger partial charge is 0.229 e. The summed E-state index contributed by atoms with van der Waals surface area (Å²) in [5.74, 6) is -1.37. The molecule has 0 spiro atoms. The highest BCUT2D eigenvalue weighted by Gasteiger charge is 2.19. The minimum Gasteiger partial charge on any atom is -0.229 e. The van der Waals surface area contributed by atoms with Crippen LogP contribution in [-0.4, -0.2) is 43.8 Å². The van der Waals surface area contributed by atoms with Crippen LogP contribution in [0.3, 0.4) is 0 Å². The first kappa shape index (κ1) is 17.0. The summed E-state index contributed by atoms with van der Waals surface area (Å²) in [7, 11) is -10.2. The predicted molar refractivity (Wildman–Crippen MR) is 72.7 cm³/mol. The summed E-state index contributed by atoms with van der Waals surface area (Å²) in [5.41, 5.74) is 0. The number of rotatable bonds is 6. The van der Waals surface area contributed by atoms with Gasteiger partial charge in [-0.15, -0.1) is 0 Å². The molecule has 0 saturated carbocycles. The van der Waals surface area contributed by atoms with Crippen molar-refractivity contribution in [1.29, 1.82) is 0 Å². The molecule has 114 valence electrons. The van der Waals surface area contributed by atoms with E-state index >= 15 is 0 Å². The fraction of sp³-hybridized carbons (Fsp3) is 0.333. The molecule has 0 fully saturated rings. The van der Waals surface area contributed by atoms with E-state index in [4.69, 9.17) is 5.14 Å². The van der Waals surface area contributed by atoms with Gasteiger partial charge in [-0.25, -0.2) is 35.1 Å². The Morgan fingerprint density at radius 1 is 0.900 bits per heavy atom. The Labute approximate surface area is 118 Å². The maximum absolute atomic E-state index is 11.8. The van der Waals surface area contributed by atoms with E-state index in [0.717, 1.165) is 24.3 Å². The average Bonchev–Trinajstić information content (AvgIpc) is 2.36. The second kappa shape index (κ2) is 5.77. The number of nitrogens with two attached hydrogens (primary N) is 1. The molecule has 20 heavy (non-hydrogen) atoms. The molecule has 1 aromatic carbocycles. The van der Waals surface area contributed by atoms with Gasteiger partial charge in [0, 0.05) is 0 Å². The van der Waals surface area contributed by atoms with Crippen molar-refractivity contribution in [3.05, 3.63) is 24.3 Å². The van der Waals surface area contributed by atoms with Crippen LogP contribution in [0.15, 0.2) is 34.1 Å². The third kappa shape index (κ3) is 4.52. The molecule has 0 heterocycles. The maximum atomic E-state index is 11.8. The lowest BCUT2D eigenvalue weighted by Gasteiger charge is -2.06. The first-order valence-corrected chi connectivity index (χ1v) is 10.1. The quantitative estimate of drug-likeness (QED) is 0.655. The monoisotopic (exact) mass is 342 g/mol. The van der Waals surface area contributed by atoms with Crippen LogP contribution in [0.25, 0.3) is 0 Å². The Hall–Kier alpha value is -1.01. The molecule has 0 saturated heterocycles. The molecular formula is C9H14N2O6S3. The minimum absolute atomic E-state index is 0.0922. The van der Waals surface area contributed by atoms with Crippen LogP contribution in [0, 0.1) is 0 Å². The topological polar surface area (TPSA) is 140 Å². The van der Waals surface area contributed by atoms with E-state index in [0.29, 0.717) is 0 Å². The van der Waals surface area contributed by atoms with Gasteiger partial charge in [0.05, 0.1) is 21.3 Å². The van der Waals surface area contributed by atoms with E-state index in [1.54, 1.807) is 0 Å². The molecule has 0 radical (unpaired) electrons. The summed E-state index contributed by atoms with van der Waals surface area (Å²) in [6, 6.07) is 4.44. The number of hydrogen-bond donors (Lipinski definition) is 2. The summed E-state index contributed by atoms with van der Waals surface area (Å²) in [4.78, 5) is -0.262. The fourth-order valence-electron chi connectivity index (χ4n) is 1.29. The van der Waals surface area contributed by atoms with E-state index in [1.807, 2.05) is 0 Å². The van der Waals surface area contributed by atoms with Gasteiger partial charge in [-0.3, -0.25) is 0 Å². The Balaban J connectivity index is 3.05. The fourth-order valence-corrected chi connectivity index (χ4v) is 4.61. The lowest BCUT2D eigenvalue weighted by atomic mass is 10.4. The summed E-state index contributed by atoms with van der Waals surface area (Å²) < 4.78 is 70.2. The van der Waals surface area contributed by atoms with Gasteiger partial charge in [0.15, 0.2) is 9.84 Å². The van der Waals surface area contributed by atoms with Gasteiger partial charge < -0.3 is 0 Å². The molecule has 11 heteroatoms. The Morgan fingerprint density at radius 3 is 1.75 bits per heavy atom. The molecule has 1 rings (SSSR count). The van der Waals surface area contributed by atoms with Crippen LogP contribution < -0.4 is 9.86 Å². The molecule has 0 amide bonds.